The van der Waals surface area contributed by atoms with Gasteiger partial charge in [0.1, 0.15) is 0 Å². The van der Waals surface area contributed by atoms with E-state index >= 15 is 0 Å². The lowest BCUT2D eigenvalue weighted by Crippen LogP contribution is -2.42. The van der Waals surface area contributed by atoms with Crippen LogP contribution in [0.3, 0.4) is 0 Å². The van der Waals surface area contributed by atoms with E-state index in [4.69, 9.17) is 10.8 Å². The molecule has 90 valence electrons. The van der Waals surface area contributed by atoms with Crippen LogP contribution >= 0.6 is 0 Å². The summed E-state index contributed by atoms with van der Waals surface area (Å²) in [6.07, 6.45) is -3.98. The number of alkyl halides is 3. The molecule has 0 aliphatic heterocycles. The molecule has 0 fully saturated rings. The van der Waals surface area contributed by atoms with E-state index in [1.54, 1.807) is 6.92 Å². The molecule has 0 spiro atoms. The zero-order valence-corrected chi connectivity index (χ0v) is 8.88. The Morgan fingerprint density at radius 2 is 1.69 bits per heavy atom. The molecule has 1 aromatic carbocycles. The van der Waals surface area contributed by atoms with Crippen LogP contribution in [-0.2, 0) is 12.6 Å². The smallest absolute Gasteiger partial charge is 0.394 e. The van der Waals surface area contributed by atoms with Gasteiger partial charge in [-0.15, -0.1) is 0 Å². The Hall–Kier alpha value is -1.07. The molecule has 0 radical (unpaired) electrons. The number of benzene rings is 1. The van der Waals surface area contributed by atoms with Crippen LogP contribution in [0.2, 0.25) is 0 Å². The third-order valence-electron chi connectivity index (χ3n) is 2.25. The molecule has 0 saturated carbocycles. The Bertz CT molecular complexity index is 343. The van der Waals surface area contributed by atoms with Crippen molar-refractivity contribution < 1.29 is 18.3 Å². The quantitative estimate of drug-likeness (QED) is 0.838. The summed E-state index contributed by atoms with van der Waals surface area (Å²) in [5.41, 5.74) is 4.89. The van der Waals surface area contributed by atoms with Crippen molar-refractivity contribution in [3.63, 3.8) is 0 Å². The van der Waals surface area contributed by atoms with Crippen molar-refractivity contribution in [3.8, 4) is 0 Å². The monoisotopic (exact) mass is 233 g/mol. The van der Waals surface area contributed by atoms with Crippen molar-refractivity contribution in [1.82, 2.24) is 0 Å². The van der Waals surface area contributed by atoms with Crippen molar-refractivity contribution >= 4 is 0 Å². The maximum atomic E-state index is 12.3. The summed E-state index contributed by atoms with van der Waals surface area (Å²) in [6.45, 7) is 1.43. The van der Waals surface area contributed by atoms with Gasteiger partial charge in [0.25, 0.3) is 0 Å². The van der Waals surface area contributed by atoms with Gasteiger partial charge in [0, 0.05) is 5.54 Å². The molecule has 3 N–H and O–H groups in total. The Kier molecular flexibility index (Phi) is 3.60. The molecule has 0 amide bonds. The largest absolute Gasteiger partial charge is 0.416 e. The number of nitrogens with two attached hydrogens (primary N) is 1. The molecule has 1 unspecified atom stereocenters. The molecular weight excluding hydrogens is 219 g/mol. The van der Waals surface area contributed by atoms with Gasteiger partial charge in [-0.1, -0.05) is 12.1 Å². The molecule has 0 heterocycles. The molecule has 5 heteroatoms. The van der Waals surface area contributed by atoms with Gasteiger partial charge in [0.15, 0.2) is 0 Å². The summed E-state index contributed by atoms with van der Waals surface area (Å²) in [6, 6.07) is 4.79. The Morgan fingerprint density at radius 1 is 1.19 bits per heavy atom. The third kappa shape index (κ3) is 3.50. The lowest BCUT2D eigenvalue weighted by molar-refractivity contribution is -0.137. The van der Waals surface area contributed by atoms with E-state index in [1.165, 1.54) is 12.1 Å². The second-order valence-corrected chi connectivity index (χ2v) is 4.18. The fourth-order valence-electron chi connectivity index (χ4n) is 1.33. The average molecular weight is 233 g/mol. The first kappa shape index (κ1) is 13.0. The zero-order chi connectivity index (χ0) is 12.4. The molecule has 2 nitrogen and oxygen atoms in total. The summed E-state index contributed by atoms with van der Waals surface area (Å²) in [5, 5.41) is 8.93. The standard InChI is InChI=1S/C11H14F3NO/c1-10(15,7-16)6-8-2-4-9(5-3-8)11(12,13)14/h2-5,16H,6-7,15H2,1H3. The van der Waals surface area contributed by atoms with Crippen molar-refractivity contribution in [2.75, 3.05) is 6.61 Å². The number of halogens is 3. The lowest BCUT2D eigenvalue weighted by atomic mass is 9.94. The number of aliphatic hydroxyl groups excluding tert-OH is 1. The number of rotatable bonds is 3. The molecule has 1 rings (SSSR count). The number of hydrogen-bond acceptors (Lipinski definition) is 2. The van der Waals surface area contributed by atoms with Crippen LogP contribution in [0.15, 0.2) is 24.3 Å². The van der Waals surface area contributed by atoms with E-state index in [1.807, 2.05) is 0 Å². The number of hydrogen-bond donors (Lipinski definition) is 2. The van der Waals surface area contributed by atoms with E-state index < -0.39 is 17.3 Å². The zero-order valence-electron chi connectivity index (χ0n) is 8.88. The van der Waals surface area contributed by atoms with Gasteiger partial charge in [-0.25, -0.2) is 0 Å². The maximum Gasteiger partial charge on any atom is 0.416 e. The highest BCUT2D eigenvalue weighted by Gasteiger charge is 2.30. The molecule has 16 heavy (non-hydrogen) atoms. The highest BCUT2D eigenvalue weighted by molar-refractivity contribution is 5.25. The first-order valence-corrected chi connectivity index (χ1v) is 4.80. The van der Waals surface area contributed by atoms with E-state index in [-0.39, 0.29) is 6.61 Å². The van der Waals surface area contributed by atoms with Gasteiger partial charge in [-0.2, -0.15) is 13.2 Å². The van der Waals surface area contributed by atoms with Crippen LogP contribution in [0.5, 0.6) is 0 Å². The average Bonchev–Trinajstić information content (AvgIpc) is 2.16. The van der Waals surface area contributed by atoms with Crippen LogP contribution in [0.25, 0.3) is 0 Å². The summed E-state index contributed by atoms with van der Waals surface area (Å²) in [7, 11) is 0. The van der Waals surface area contributed by atoms with E-state index in [2.05, 4.69) is 0 Å². The molecule has 0 aliphatic carbocycles. The highest BCUT2D eigenvalue weighted by atomic mass is 19.4. The first-order chi connectivity index (χ1) is 7.24. The molecule has 0 bridgehead atoms. The van der Waals surface area contributed by atoms with Gasteiger partial charge in [0.05, 0.1) is 12.2 Å². The molecule has 1 atom stereocenters. The van der Waals surface area contributed by atoms with Crippen LogP contribution in [0, 0.1) is 0 Å². The van der Waals surface area contributed by atoms with Crippen molar-refractivity contribution in [2.45, 2.75) is 25.1 Å². The Balaban J connectivity index is 2.80. The topological polar surface area (TPSA) is 46.2 Å². The summed E-state index contributed by atoms with van der Waals surface area (Å²) in [5.74, 6) is 0. The second kappa shape index (κ2) is 4.43. The minimum atomic E-state index is -4.32. The van der Waals surface area contributed by atoms with E-state index in [9.17, 15) is 13.2 Å². The van der Waals surface area contributed by atoms with Crippen molar-refractivity contribution in [3.05, 3.63) is 35.4 Å². The van der Waals surface area contributed by atoms with Crippen LogP contribution < -0.4 is 5.73 Å². The minimum absolute atomic E-state index is 0.214. The minimum Gasteiger partial charge on any atom is -0.394 e. The van der Waals surface area contributed by atoms with Crippen LogP contribution in [0.4, 0.5) is 13.2 Å². The first-order valence-electron chi connectivity index (χ1n) is 4.80. The maximum absolute atomic E-state index is 12.3. The van der Waals surface area contributed by atoms with Gasteiger partial charge in [-0.05, 0) is 31.0 Å². The van der Waals surface area contributed by atoms with Gasteiger partial charge in [0.2, 0.25) is 0 Å². The third-order valence-corrected chi connectivity index (χ3v) is 2.25. The Morgan fingerprint density at radius 3 is 2.06 bits per heavy atom. The van der Waals surface area contributed by atoms with E-state index in [0.29, 0.717) is 12.0 Å². The van der Waals surface area contributed by atoms with Gasteiger partial charge < -0.3 is 10.8 Å². The Labute approximate surface area is 91.9 Å². The summed E-state index contributed by atoms with van der Waals surface area (Å²) < 4.78 is 36.8. The predicted octanol–water partition coefficient (Wildman–Crippen LogP) is 1.96. The van der Waals surface area contributed by atoms with Gasteiger partial charge >= 0.3 is 6.18 Å². The van der Waals surface area contributed by atoms with Crippen molar-refractivity contribution in [2.24, 2.45) is 5.73 Å². The molecule has 0 aromatic heterocycles. The lowest BCUT2D eigenvalue weighted by Gasteiger charge is -2.21. The second-order valence-electron chi connectivity index (χ2n) is 4.18. The predicted molar refractivity (Wildman–Crippen MR) is 54.8 cm³/mol. The molecule has 1 aromatic rings. The molecular formula is C11H14F3NO. The fourth-order valence-corrected chi connectivity index (χ4v) is 1.33. The van der Waals surface area contributed by atoms with E-state index in [0.717, 1.165) is 12.1 Å². The SMILES string of the molecule is CC(N)(CO)Cc1ccc(C(F)(F)F)cc1. The van der Waals surface area contributed by atoms with Crippen LogP contribution in [-0.4, -0.2) is 17.3 Å². The molecule has 0 aliphatic rings. The van der Waals surface area contributed by atoms with Gasteiger partial charge in [-0.3, -0.25) is 0 Å². The summed E-state index contributed by atoms with van der Waals surface area (Å²) >= 11 is 0. The summed E-state index contributed by atoms with van der Waals surface area (Å²) in [4.78, 5) is 0. The normalized spacial score (nSPS) is 15.9. The van der Waals surface area contributed by atoms with Crippen LogP contribution in [0.1, 0.15) is 18.1 Å². The number of aliphatic hydroxyl groups is 1. The highest BCUT2D eigenvalue weighted by Crippen LogP contribution is 2.29. The van der Waals surface area contributed by atoms with Crippen molar-refractivity contribution in [1.29, 1.82) is 0 Å². The fraction of sp³-hybridized carbons (Fsp3) is 0.455. The molecule has 0 saturated heterocycles.